The van der Waals surface area contributed by atoms with Crippen molar-refractivity contribution in [1.82, 2.24) is 9.27 Å². The highest BCUT2D eigenvalue weighted by atomic mass is 32.1. The second-order valence-corrected chi connectivity index (χ2v) is 4.74. The third-order valence-electron chi connectivity index (χ3n) is 2.52. The van der Waals surface area contributed by atoms with Gasteiger partial charge in [0.2, 0.25) is 0 Å². The summed E-state index contributed by atoms with van der Waals surface area (Å²) in [6.07, 6.45) is 0. The zero-order valence-electron chi connectivity index (χ0n) is 9.94. The molecular weight excluding hydrogens is 226 g/mol. The maximum absolute atomic E-state index is 11.0. The molecule has 5 nitrogen and oxygen atoms in total. The van der Waals surface area contributed by atoms with Crippen molar-refractivity contribution < 1.29 is 9.90 Å². The van der Waals surface area contributed by atoms with Crippen LogP contribution in [0.4, 0.5) is 5.00 Å². The lowest BCUT2D eigenvalue weighted by Crippen LogP contribution is -2.31. The Bertz CT molecular complexity index is 376. The lowest BCUT2D eigenvalue weighted by molar-refractivity contribution is 0.0697. The quantitative estimate of drug-likeness (QED) is 0.820. The molecule has 16 heavy (non-hydrogen) atoms. The predicted molar refractivity (Wildman–Crippen MR) is 65.4 cm³/mol. The van der Waals surface area contributed by atoms with Crippen LogP contribution in [0.15, 0.2) is 0 Å². The number of aromatic carboxylic acids is 1. The fourth-order valence-electron chi connectivity index (χ4n) is 1.17. The Morgan fingerprint density at radius 1 is 1.62 bits per heavy atom. The van der Waals surface area contributed by atoms with Gasteiger partial charge in [0.05, 0.1) is 5.69 Å². The summed E-state index contributed by atoms with van der Waals surface area (Å²) in [6.45, 7) is 4.48. The molecule has 0 aliphatic heterocycles. The zero-order chi connectivity index (χ0) is 12.3. The number of likely N-dealkylation sites (N-methyl/N-ethyl adjacent to an activating group) is 1. The van der Waals surface area contributed by atoms with Crippen molar-refractivity contribution in [2.24, 2.45) is 0 Å². The Labute approximate surface area is 99.3 Å². The molecule has 0 saturated heterocycles. The fraction of sp³-hybridized carbons (Fsp3) is 0.600. The Hall–Kier alpha value is -1.14. The summed E-state index contributed by atoms with van der Waals surface area (Å²) < 4.78 is 4.05. The molecule has 0 aliphatic rings. The van der Waals surface area contributed by atoms with Gasteiger partial charge in [0.1, 0.15) is 10.6 Å². The van der Waals surface area contributed by atoms with Crippen LogP contribution in [0.3, 0.4) is 0 Å². The molecule has 1 atom stereocenters. The minimum atomic E-state index is -0.925. The molecule has 0 fully saturated rings. The van der Waals surface area contributed by atoms with Crippen LogP contribution < -0.4 is 5.32 Å². The van der Waals surface area contributed by atoms with E-state index in [2.05, 4.69) is 21.5 Å². The Morgan fingerprint density at radius 2 is 2.25 bits per heavy atom. The van der Waals surface area contributed by atoms with Gasteiger partial charge in [0, 0.05) is 12.6 Å². The van der Waals surface area contributed by atoms with Gasteiger partial charge in [-0.2, -0.15) is 4.37 Å². The van der Waals surface area contributed by atoms with Crippen LogP contribution in [-0.4, -0.2) is 47.0 Å². The van der Waals surface area contributed by atoms with Crippen molar-refractivity contribution in [2.75, 3.05) is 26.0 Å². The summed E-state index contributed by atoms with van der Waals surface area (Å²) in [7, 11) is 3.98. The molecule has 1 aromatic heterocycles. The molecule has 0 radical (unpaired) electrons. The van der Waals surface area contributed by atoms with E-state index in [1.807, 2.05) is 14.1 Å². The highest BCUT2D eigenvalue weighted by Crippen LogP contribution is 2.24. The number of hydrogen-bond acceptors (Lipinski definition) is 5. The van der Waals surface area contributed by atoms with Crippen LogP contribution in [0, 0.1) is 6.92 Å². The average molecular weight is 243 g/mol. The summed E-state index contributed by atoms with van der Waals surface area (Å²) in [5, 5.41) is 12.8. The normalized spacial score (nSPS) is 12.8. The van der Waals surface area contributed by atoms with Crippen molar-refractivity contribution in [1.29, 1.82) is 0 Å². The second-order valence-electron chi connectivity index (χ2n) is 3.97. The van der Waals surface area contributed by atoms with E-state index in [1.54, 1.807) is 6.92 Å². The molecule has 1 aromatic rings. The van der Waals surface area contributed by atoms with Gasteiger partial charge in [-0.3, -0.25) is 0 Å². The maximum atomic E-state index is 11.0. The maximum Gasteiger partial charge on any atom is 0.340 e. The lowest BCUT2D eigenvalue weighted by atomic mass is 10.2. The van der Waals surface area contributed by atoms with E-state index in [0.29, 0.717) is 23.3 Å². The number of hydrogen-bond donors (Lipinski definition) is 2. The first-order valence-corrected chi connectivity index (χ1v) is 5.80. The zero-order valence-corrected chi connectivity index (χ0v) is 10.8. The largest absolute Gasteiger partial charge is 0.478 e. The van der Waals surface area contributed by atoms with Crippen LogP contribution in [0.5, 0.6) is 0 Å². The van der Waals surface area contributed by atoms with Gasteiger partial charge in [-0.1, -0.05) is 0 Å². The summed E-state index contributed by atoms with van der Waals surface area (Å²) in [5.41, 5.74) is 0.855. The number of carbonyl (C=O) groups is 1. The lowest BCUT2D eigenvalue weighted by Gasteiger charge is -2.20. The van der Waals surface area contributed by atoms with E-state index < -0.39 is 5.97 Å². The molecule has 0 aliphatic carbocycles. The van der Waals surface area contributed by atoms with Crippen LogP contribution >= 0.6 is 11.5 Å². The monoisotopic (exact) mass is 243 g/mol. The molecule has 0 amide bonds. The highest BCUT2D eigenvalue weighted by molar-refractivity contribution is 7.10. The standard InChI is InChI=1S/C10H17N3O2S/c1-6(13(3)4)5-11-9-8(10(14)15)7(2)12-16-9/h6,11H,5H2,1-4H3,(H,14,15). The average Bonchev–Trinajstić information content (AvgIpc) is 2.55. The second kappa shape index (κ2) is 5.27. The summed E-state index contributed by atoms with van der Waals surface area (Å²) in [6, 6.07) is 0.337. The summed E-state index contributed by atoms with van der Waals surface area (Å²) >= 11 is 1.20. The number of aryl methyl sites for hydroxylation is 1. The molecule has 0 aromatic carbocycles. The third kappa shape index (κ3) is 2.93. The van der Waals surface area contributed by atoms with Crippen LogP contribution in [0.25, 0.3) is 0 Å². The fourth-order valence-corrected chi connectivity index (χ4v) is 1.96. The Balaban J connectivity index is 2.71. The van der Waals surface area contributed by atoms with Crippen molar-refractivity contribution in [3.8, 4) is 0 Å². The van der Waals surface area contributed by atoms with E-state index in [0.717, 1.165) is 0 Å². The van der Waals surface area contributed by atoms with E-state index >= 15 is 0 Å². The van der Waals surface area contributed by atoms with Gasteiger partial charge in [0.15, 0.2) is 0 Å². The molecule has 0 bridgehead atoms. The number of aromatic nitrogens is 1. The number of nitrogens with one attached hydrogen (secondary N) is 1. The predicted octanol–water partition coefficient (Wildman–Crippen LogP) is 1.51. The molecular formula is C10H17N3O2S. The van der Waals surface area contributed by atoms with Crippen molar-refractivity contribution in [3.63, 3.8) is 0 Å². The van der Waals surface area contributed by atoms with Gasteiger partial charge >= 0.3 is 5.97 Å². The van der Waals surface area contributed by atoms with Crippen molar-refractivity contribution in [3.05, 3.63) is 11.3 Å². The van der Waals surface area contributed by atoms with Gasteiger partial charge in [0.25, 0.3) is 0 Å². The van der Waals surface area contributed by atoms with Gasteiger partial charge < -0.3 is 15.3 Å². The molecule has 2 N–H and O–H groups in total. The SMILES string of the molecule is Cc1nsc(NCC(C)N(C)C)c1C(=O)O. The smallest absolute Gasteiger partial charge is 0.340 e. The molecule has 0 saturated carbocycles. The van der Waals surface area contributed by atoms with Gasteiger partial charge in [-0.05, 0) is 39.5 Å². The third-order valence-corrected chi connectivity index (χ3v) is 3.41. The number of carboxylic acids is 1. The van der Waals surface area contributed by atoms with Crippen molar-refractivity contribution >= 4 is 22.5 Å². The minimum absolute atomic E-state index is 0.288. The van der Waals surface area contributed by atoms with Crippen LogP contribution in [0.1, 0.15) is 23.0 Å². The first kappa shape index (κ1) is 12.9. The van der Waals surface area contributed by atoms with E-state index in [4.69, 9.17) is 5.11 Å². The molecule has 0 spiro atoms. The highest BCUT2D eigenvalue weighted by Gasteiger charge is 2.17. The molecule has 6 heteroatoms. The number of nitrogens with zero attached hydrogens (tertiary/aromatic N) is 2. The van der Waals surface area contributed by atoms with Gasteiger partial charge in [-0.15, -0.1) is 0 Å². The number of anilines is 1. The van der Waals surface area contributed by atoms with Gasteiger partial charge in [-0.25, -0.2) is 4.79 Å². The van der Waals surface area contributed by atoms with E-state index in [1.165, 1.54) is 11.5 Å². The Morgan fingerprint density at radius 3 is 2.75 bits per heavy atom. The summed E-state index contributed by atoms with van der Waals surface area (Å²) in [4.78, 5) is 13.1. The first-order chi connectivity index (χ1) is 7.43. The van der Waals surface area contributed by atoms with E-state index in [9.17, 15) is 4.79 Å². The molecule has 1 unspecified atom stereocenters. The molecule has 1 heterocycles. The van der Waals surface area contributed by atoms with Crippen molar-refractivity contribution in [2.45, 2.75) is 19.9 Å². The topological polar surface area (TPSA) is 65.5 Å². The number of carboxylic acid groups (broad SMARTS) is 1. The Kier molecular flexibility index (Phi) is 4.26. The summed E-state index contributed by atoms with van der Waals surface area (Å²) in [5.74, 6) is -0.925. The first-order valence-electron chi connectivity index (χ1n) is 5.03. The van der Waals surface area contributed by atoms with Crippen LogP contribution in [0.2, 0.25) is 0 Å². The molecule has 1 rings (SSSR count). The number of rotatable bonds is 5. The van der Waals surface area contributed by atoms with Crippen LogP contribution in [-0.2, 0) is 0 Å². The van der Waals surface area contributed by atoms with E-state index in [-0.39, 0.29) is 5.56 Å². The minimum Gasteiger partial charge on any atom is -0.478 e. The molecule has 90 valence electrons.